The van der Waals surface area contributed by atoms with Gasteiger partial charge in [0.15, 0.2) is 0 Å². The quantitative estimate of drug-likeness (QED) is 0.826. The Bertz CT molecular complexity index is 443. The molecule has 0 bridgehead atoms. The number of hydrogen-bond acceptors (Lipinski definition) is 2. The van der Waals surface area contributed by atoms with E-state index in [4.69, 9.17) is 5.73 Å². The smallest absolute Gasteiger partial charge is 0.389 e. The first-order valence-corrected chi connectivity index (χ1v) is 5.94. The summed E-state index contributed by atoms with van der Waals surface area (Å²) in [5.41, 5.74) is 4.76. The predicted octanol–water partition coefficient (Wildman–Crippen LogP) is 3.55. The van der Waals surface area contributed by atoms with Gasteiger partial charge >= 0.3 is 6.18 Å². The Morgan fingerprint density at radius 2 is 2.06 bits per heavy atom. The van der Waals surface area contributed by atoms with Crippen LogP contribution in [0.2, 0.25) is 0 Å². The summed E-state index contributed by atoms with van der Waals surface area (Å²) < 4.78 is 38.6. The van der Waals surface area contributed by atoms with Crippen LogP contribution >= 0.6 is 12.2 Å². The molecule has 2 nitrogen and oxygen atoms in total. The molecule has 0 aliphatic rings. The minimum absolute atomic E-state index is 0.0989. The Labute approximate surface area is 109 Å². The Morgan fingerprint density at radius 3 is 2.50 bits per heavy atom. The van der Waals surface area contributed by atoms with Gasteiger partial charge in [0.25, 0.3) is 0 Å². The van der Waals surface area contributed by atoms with E-state index in [1.54, 1.807) is 6.07 Å². The van der Waals surface area contributed by atoms with Crippen LogP contribution in [0.25, 0.3) is 0 Å². The third kappa shape index (κ3) is 3.60. The van der Waals surface area contributed by atoms with Gasteiger partial charge in [-0.15, -0.1) is 0 Å². The van der Waals surface area contributed by atoms with Crippen molar-refractivity contribution in [2.75, 3.05) is 5.32 Å². The second kappa shape index (κ2) is 5.56. The van der Waals surface area contributed by atoms with Gasteiger partial charge in [0.05, 0.1) is 5.56 Å². The van der Waals surface area contributed by atoms with E-state index in [9.17, 15) is 13.2 Å². The zero-order valence-corrected chi connectivity index (χ0v) is 11.0. The van der Waals surface area contributed by atoms with Crippen LogP contribution in [0.1, 0.15) is 31.4 Å². The first-order valence-electron chi connectivity index (χ1n) is 5.53. The lowest BCUT2D eigenvalue weighted by Crippen LogP contribution is -2.19. The van der Waals surface area contributed by atoms with E-state index in [0.29, 0.717) is 5.69 Å². The molecule has 0 radical (unpaired) electrons. The number of benzene rings is 1. The maximum Gasteiger partial charge on any atom is 0.417 e. The molecule has 0 saturated carbocycles. The van der Waals surface area contributed by atoms with Gasteiger partial charge in [-0.05, 0) is 31.5 Å². The Morgan fingerprint density at radius 1 is 1.44 bits per heavy atom. The molecular formula is C12H15F3N2S. The molecule has 0 fully saturated rings. The molecule has 6 heteroatoms. The van der Waals surface area contributed by atoms with Gasteiger partial charge < -0.3 is 11.1 Å². The topological polar surface area (TPSA) is 38.0 Å². The van der Waals surface area contributed by atoms with Gasteiger partial charge in [0.2, 0.25) is 0 Å². The molecule has 0 heterocycles. The molecule has 0 aliphatic carbocycles. The summed E-state index contributed by atoms with van der Waals surface area (Å²) in [6.45, 7) is 3.85. The molecule has 1 aromatic rings. The summed E-state index contributed by atoms with van der Waals surface area (Å²) in [4.78, 5) is -0.252. The average molecular weight is 276 g/mol. The zero-order valence-electron chi connectivity index (χ0n) is 10.1. The summed E-state index contributed by atoms with van der Waals surface area (Å²) in [5, 5.41) is 2.99. The fourth-order valence-electron chi connectivity index (χ4n) is 1.47. The average Bonchev–Trinajstić information content (AvgIpc) is 2.27. The van der Waals surface area contributed by atoms with E-state index in [1.165, 1.54) is 6.07 Å². The minimum Gasteiger partial charge on any atom is -0.389 e. The molecule has 0 aliphatic heterocycles. The molecule has 0 spiro atoms. The third-order valence-electron chi connectivity index (χ3n) is 2.62. The van der Waals surface area contributed by atoms with Gasteiger partial charge in [-0.3, -0.25) is 0 Å². The van der Waals surface area contributed by atoms with E-state index in [1.807, 2.05) is 13.8 Å². The van der Waals surface area contributed by atoms with Crippen molar-refractivity contribution >= 4 is 22.9 Å². The van der Waals surface area contributed by atoms with Gasteiger partial charge in [-0.2, -0.15) is 13.2 Å². The number of hydrogen-bond donors (Lipinski definition) is 2. The van der Waals surface area contributed by atoms with Crippen LogP contribution in [0.4, 0.5) is 18.9 Å². The van der Waals surface area contributed by atoms with E-state index in [2.05, 4.69) is 17.5 Å². The maximum absolute atomic E-state index is 12.9. The predicted molar refractivity (Wildman–Crippen MR) is 70.7 cm³/mol. The number of halogens is 3. The zero-order chi connectivity index (χ0) is 13.9. The molecule has 3 N–H and O–H groups in total. The second-order valence-corrected chi connectivity index (χ2v) is 4.52. The Kier molecular flexibility index (Phi) is 4.56. The van der Waals surface area contributed by atoms with Crippen molar-refractivity contribution < 1.29 is 13.2 Å². The van der Waals surface area contributed by atoms with E-state index >= 15 is 0 Å². The van der Waals surface area contributed by atoms with Crippen LogP contribution in [-0.4, -0.2) is 11.0 Å². The highest BCUT2D eigenvalue weighted by Gasteiger charge is 2.34. The van der Waals surface area contributed by atoms with Crippen molar-refractivity contribution in [2.24, 2.45) is 5.73 Å². The molecule has 0 amide bonds. The highest BCUT2D eigenvalue weighted by atomic mass is 32.1. The standard InChI is InChI=1S/C12H15F3N2S/c1-3-7(2)17-8-4-5-9(11(16)18)10(6-8)12(13,14)15/h4-7,17H,3H2,1-2H3,(H2,16,18). The molecule has 18 heavy (non-hydrogen) atoms. The van der Waals surface area contributed by atoms with Crippen LogP contribution < -0.4 is 11.1 Å². The van der Waals surface area contributed by atoms with Gasteiger partial charge in [-0.25, -0.2) is 0 Å². The largest absolute Gasteiger partial charge is 0.417 e. The van der Waals surface area contributed by atoms with Crippen molar-refractivity contribution in [3.63, 3.8) is 0 Å². The van der Waals surface area contributed by atoms with E-state index in [0.717, 1.165) is 12.5 Å². The first kappa shape index (κ1) is 14.8. The third-order valence-corrected chi connectivity index (χ3v) is 2.84. The van der Waals surface area contributed by atoms with Gasteiger partial charge in [-0.1, -0.05) is 19.1 Å². The number of thiocarbonyl (C=S) groups is 1. The monoisotopic (exact) mass is 276 g/mol. The van der Waals surface area contributed by atoms with Crippen LogP contribution in [-0.2, 0) is 6.18 Å². The lowest BCUT2D eigenvalue weighted by atomic mass is 10.1. The van der Waals surface area contributed by atoms with E-state index in [-0.39, 0.29) is 16.6 Å². The Hall–Kier alpha value is -1.30. The summed E-state index contributed by atoms with van der Waals surface area (Å²) in [5.74, 6) is 0. The number of nitrogens with two attached hydrogens (primary N) is 1. The summed E-state index contributed by atoms with van der Waals surface area (Å²) in [7, 11) is 0. The molecule has 1 unspecified atom stereocenters. The molecule has 100 valence electrons. The lowest BCUT2D eigenvalue weighted by molar-refractivity contribution is -0.137. The molecule has 1 aromatic carbocycles. The normalized spacial score (nSPS) is 13.2. The lowest BCUT2D eigenvalue weighted by Gasteiger charge is -2.17. The van der Waals surface area contributed by atoms with Crippen LogP contribution in [0.5, 0.6) is 0 Å². The number of alkyl halides is 3. The fraction of sp³-hybridized carbons (Fsp3) is 0.417. The van der Waals surface area contributed by atoms with Crippen LogP contribution in [0.3, 0.4) is 0 Å². The maximum atomic E-state index is 12.9. The second-order valence-electron chi connectivity index (χ2n) is 4.08. The summed E-state index contributed by atoms with van der Waals surface area (Å²) in [6.07, 6.45) is -3.65. The minimum atomic E-state index is -4.47. The van der Waals surface area contributed by atoms with Crippen molar-refractivity contribution in [3.8, 4) is 0 Å². The van der Waals surface area contributed by atoms with Crippen molar-refractivity contribution in [2.45, 2.75) is 32.5 Å². The van der Waals surface area contributed by atoms with Crippen molar-refractivity contribution in [1.82, 2.24) is 0 Å². The first-order chi connectivity index (χ1) is 8.25. The van der Waals surface area contributed by atoms with E-state index < -0.39 is 11.7 Å². The highest BCUT2D eigenvalue weighted by Crippen LogP contribution is 2.34. The SMILES string of the molecule is CCC(C)Nc1ccc(C(N)=S)c(C(F)(F)F)c1. The molecule has 0 aromatic heterocycles. The molecule has 1 rings (SSSR count). The van der Waals surface area contributed by atoms with Crippen molar-refractivity contribution in [1.29, 1.82) is 0 Å². The molecule has 0 saturated heterocycles. The van der Waals surface area contributed by atoms with Crippen molar-refractivity contribution in [3.05, 3.63) is 29.3 Å². The molecular weight excluding hydrogens is 261 g/mol. The fourth-order valence-corrected chi connectivity index (χ4v) is 1.65. The van der Waals surface area contributed by atoms with Gasteiger partial charge in [0, 0.05) is 17.3 Å². The highest BCUT2D eigenvalue weighted by molar-refractivity contribution is 7.80. The van der Waals surface area contributed by atoms with Gasteiger partial charge in [0.1, 0.15) is 4.99 Å². The number of nitrogens with one attached hydrogen (secondary N) is 1. The number of anilines is 1. The van der Waals surface area contributed by atoms with Crippen LogP contribution in [0, 0.1) is 0 Å². The summed E-state index contributed by atoms with van der Waals surface area (Å²) >= 11 is 4.63. The molecule has 1 atom stereocenters. The number of rotatable bonds is 4. The summed E-state index contributed by atoms with van der Waals surface area (Å²) in [6, 6.07) is 3.99. The Balaban J connectivity index is 3.18. The van der Waals surface area contributed by atoms with Crippen LogP contribution in [0.15, 0.2) is 18.2 Å².